The first-order valence-electron chi connectivity index (χ1n) is 5.57. The standard InChI is InChI=1S/C13H16N2O2/c1-9(16)6-12(15(2)3)10-4-5-11-13(7-10)17-8-14-11/h4-5,7-8,12H,6H2,1-3H3. The van der Waals surface area contributed by atoms with E-state index in [9.17, 15) is 4.79 Å². The molecule has 1 unspecified atom stereocenters. The van der Waals surface area contributed by atoms with E-state index >= 15 is 0 Å². The summed E-state index contributed by atoms with van der Waals surface area (Å²) in [6.45, 7) is 1.61. The van der Waals surface area contributed by atoms with Crippen molar-refractivity contribution in [1.82, 2.24) is 9.88 Å². The van der Waals surface area contributed by atoms with Gasteiger partial charge in [0.2, 0.25) is 0 Å². The Morgan fingerprint density at radius 2 is 2.24 bits per heavy atom. The number of rotatable bonds is 4. The smallest absolute Gasteiger partial charge is 0.181 e. The summed E-state index contributed by atoms with van der Waals surface area (Å²) < 4.78 is 5.28. The van der Waals surface area contributed by atoms with Crippen molar-refractivity contribution in [2.24, 2.45) is 0 Å². The number of oxazole rings is 1. The molecule has 0 radical (unpaired) electrons. The van der Waals surface area contributed by atoms with Gasteiger partial charge in [-0.1, -0.05) is 6.07 Å². The van der Waals surface area contributed by atoms with E-state index in [0.717, 1.165) is 16.7 Å². The first kappa shape index (κ1) is 11.8. The van der Waals surface area contributed by atoms with Crippen LogP contribution < -0.4 is 0 Å². The minimum absolute atomic E-state index is 0.0852. The molecule has 0 saturated carbocycles. The Bertz CT molecular complexity index is 531. The Balaban J connectivity index is 2.37. The van der Waals surface area contributed by atoms with Gasteiger partial charge in [0.05, 0.1) is 0 Å². The summed E-state index contributed by atoms with van der Waals surface area (Å²) >= 11 is 0. The van der Waals surface area contributed by atoms with E-state index in [2.05, 4.69) is 4.98 Å². The van der Waals surface area contributed by atoms with Crippen LogP contribution in [0, 0.1) is 0 Å². The fourth-order valence-electron chi connectivity index (χ4n) is 1.95. The van der Waals surface area contributed by atoms with E-state index in [1.54, 1.807) is 6.92 Å². The van der Waals surface area contributed by atoms with Crippen LogP contribution in [-0.4, -0.2) is 29.8 Å². The van der Waals surface area contributed by atoms with Gasteiger partial charge in [0.15, 0.2) is 12.0 Å². The van der Waals surface area contributed by atoms with Crippen molar-refractivity contribution in [3.05, 3.63) is 30.2 Å². The maximum absolute atomic E-state index is 11.3. The molecular weight excluding hydrogens is 216 g/mol. The molecule has 1 heterocycles. The number of ketones is 1. The number of carbonyl (C=O) groups excluding carboxylic acids is 1. The number of hydrogen-bond donors (Lipinski definition) is 0. The zero-order valence-electron chi connectivity index (χ0n) is 10.3. The van der Waals surface area contributed by atoms with Crippen molar-refractivity contribution >= 4 is 16.9 Å². The third-order valence-electron chi connectivity index (χ3n) is 2.84. The molecule has 0 N–H and O–H groups in total. The predicted molar refractivity (Wildman–Crippen MR) is 65.7 cm³/mol. The largest absolute Gasteiger partial charge is 0.443 e. The highest BCUT2D eigenvalue weighted by molar-refractivity contribution is 5.77. The monoisotopic (exact) mass is 232 g/mol. The fraction of sp³-hybridized carbons (Fsp3) is 0.385. The van der Waals surface area contributed by atoms with Crippen LogP contribution in [0.3, 0.4) is 0 Å². The maximum Gasteiger partial charge on any atom is 0.181 e. The van der Waals surface area contributed by atoms with Crippen molar-refractivity contribution in [2.75, 3.05) is 14.1 Å². The van der Waals surface area contributed by atoms with Crippen molar-refractivity contribution in [3.8, 4) is 0 Å². The van der Waals surface area contributed by atoms with Crippen molar-refractivity contribution in [1.29, 1.82) is 0 Å². The van der Waals surface area contributed by atoms with Gasteiger partial charge in [-0.3, -0.25) is 4.79 Å². The highest BCUT2D eigenvalue weighted by Gasteiger charge is 2.17. The summed E-state index contributed by atoms with van der Waals surface area (Å²) in [5.41, 5.74) is 2.68. The van der Waals surface area contributed by atoms with Crippen LogP contribution in [0.25, 0.3) is 11.1 Å². The van der Waals surface area contributed by atoms with Crippen molar-refractivity contribution in [3.63, 3.8) is 0 Å². The Morgan fingerprint density at radius 1 is 1.47 bits per heavy atom. The summed E-state index contributed by atoms with van der Waals surface area (Å²) in [6.07, 6.45) is 1.94. The fourth-order valence-corrected chi connectivity index (χ4v) is 1.95. The van der Waals surface area contributed by atoms with E-state index in [4.69, 9.17) is 4.42 Å². The van der Waals surface area contributed by atoms with Gasteiger partial charge in [0.25, 0.3) is 0 Å². The molecule has 4 nitrogen and oxygen atoms in total. The van der Waals surface area contributed by atoms with E-state index in [0.29, 0.717) is 6.42 Å². The zero-order chi connectivity index (χ0) is 12.4. The molecule has 0 amide bonds. The van der Waals surface area contributed by atoms with E-state index in [-0.39, 0.29) is 11.8 Å². The van der Waals surface area contributed by atoms with Crippen LogP contribution in [0.15, 0.2) is 29.0 Å². The van der Waals surface area contributed by atoms with Crippen LogP contribution in [0.4, 0.5) is 0 Å². The Hall–Kier alpha value is -1.68. The van der Waals surface area contributed by atoms with Gasteiger partial charge in [-0.2, -0.15) is 0 Å². The van der Waals surface area contributed by atoms with Gasteiger partial charge in [-0.05, 0) is 38.7 Å². The molecule has 2 aromatic rings. The molecule has 90 valence electrons. The van der Waals surface area contributed by atoms with Gasteiger partial charge in [-0.25, -0.2) is 4.98 Å². The zero-order valence-corrected chi connectivity index (χ0v) is 10.3. The SMILES string of the molecule is CC(=O)CC(c1ccc2ncoc2c1)N(C)C. The summed E-state index contributed by atoms with van der Waals surface area (Å²) in [5, 5.41) is 0. The lowest BCUT2D eigenvalue weighted by atomic mass is 10.0. The van der Waals surface area contributed by atoms with E-state index in [1.165, 1.54) is 6.39 Å². The second-order valence-corrected chi connectivity index (χ2v) is 4.47. The summed E-state index contributed by atoms with van der Waals surface area (Å²) in [5.74, 6) is 0.182. The molecule has 1 aromatic heterocycles. The number of fused-ring (bicyclic) bond motifs is 1. The molecule has 1 aromatic carbocycles. The summed E-state index contributed by atoms with van der Waals surface area (Å²) in [4.78, 5) is 17.4. The molecule has 17 heavy (non-hydrogen) atoms. The lowest BCUT2D eigenvalue weighted by Gasteiger charge is -2.23. The van der Waals surface area contributed by atoms with E-state index < -0.39 is 0 Å². The highest BCUT2D eigenvalue weighted by atomic mass is 16.3. The number of Topliss-reactive ketones (excluding diaryl/α,β-unsaturated/α-hetero) is 1. The number of hydrogen-bond acceptors (Lipinski definition) is 4. The first-order chi connectivity index (χ1) is 8.08. The van der Waals surface area contributed by atoms with E-state index in [1.807, 2.05) is 37.2 Å². The van der Waals surface area contributed by atoms with Crippen LogP contribution in [0.1, 0.15) is 24.9 Å². The summed E-state index contributed by atoms with van der Waals surface area (Å²) in [6, 6.07) is 5.96. The van der Waals surface area contributed by atoms with Gasteiger partial charge >= 0.3 is 0 Å². The second-order valence-electron chi connectivity index (χ2n) is 4.47. The highest BCUT2D eigenvalue weighted by Crippen LogP contribution is 2.25. The molecule has 0 spiro atoms. The Morgan fingerprint density at radius 3 is 2.88 bits per heavy atom. The van der Waals surface area contributed by atoms with Crippen molar-refractivity contribution in [2.45, 2.75) is 19.4 Å². The molecular formula is C13H16N2O2. The number of benzene rings is 1. The molecule has 2 rings (SSSR count). The lowest BCUT2D eigenvalue weighted by molar-refractivity contribution is -0.118. The lowest BCUT2D eigenvalue weighted by Crippen LogP contribution is -2.22. The van der Waals surface area contributed by atoms with Gasteiger partial charge in [0.1, 0.15) is 11.3 Å². The van der Waals surface area contributed by atoms with Gasteiger partial charge in [-0.15, -0.1) is 0 Å². The molecule has 4 heteroatoms. The molecule has 0 aliphatic rings. The number of aromatic nitrogens is 1. The van der Waals surface area contributed by atoms with Crippen LogP contribution >= 0.6 is 0 Å². The molecule has 0 bridgehead atoms. The Labute approximate surface area is 100 Å². The van der Waals surface area contributed by atoms with Crippen LogP contribution in [0.2, 0.25) is 0 Å². The number of nitrogens with zero attached hydrogens (tertiary/aromatic N) is 2. The van der Waals surface area contributed by atoms with Gasteiger partial charge < -0.3 is 9.32 Å². The number of carbonyl (C=O) groups is 1. The Kier molecular flexibility index (Phi) is 3.24. The van der Waals surface area contributed by atoms with Crippen molar-refractivity contribution < 1.29 is 9.21 Å². The predicted octanol–water partition coefficient (Wildman–Crippen LogP) is 2.41. The quantitative estimate of drug-likeness (QED) is 0.812. The third-order valence-corrected chi connectivity index (χ3v) is 2.84. The first-order valence-corrected chi connectivity index (χ1v) is 5.57. The molecule has 0 fully saturated rings. The molecule has 1 atom stereocenters. The average Bonchev–Trinajstić information content (AvgIpc) is 2.72. The average molecular weight is 232 g/mol. The topological polar surface area (TPSA) is 46.3 Å². The normalized spacial score (nSPS) is 13.2. The van der Waals surface area contributed by atoms with Crippen LogP contribution in [0.5, 0.6) is 0 Å². The van der Waals surface area contributed by atoms with Crippen LogP contribution in [-0.2, 0) is 4.79 Å². The molecule has 0 saturated heterocycles. The molecule has 0 aliphatic carbocycles. The third kappa shape index (κ3) is 2.53. The second kappa shape index (κ2) is 4.67. The molecule has 0 aliphatic heterocycles. The maximum atomic E-state index is 11.3. The van der Waals surface area contributed by atoms with Gasteiger partial charge in [0, 0.05) is 12.5 Å². The summed E-state index contributed by atoms with van der Waals surface area (Å²) in [7, 11) is 3.94. The minimum atomic E-state index is 0.0852. The minimum Gasteiger partial charge on any atom is -0.443 e.